The molecule has 2 heterocycles. The van der Waals surface area contributed by atoms with Gasteiger partial charge < -0.3 is 24.7 Å². The SMILES string of the molecule is CN(C)c1ccc([C@H](C(=O)NC2CCCCC2)N(C(=O)Cc2c[nH]c3ccccc23)c2ccc3c(c2)OCO3)cc1. The molecule has 41 heavy (non-hydrogen) atoms. The highest BCUT2D eigenvalue weighted by Gasteiger charge is 2.35. The molecule has 0 bridgehead atoms. The topological polar surface area (TPSA) is 86.9 Å². The van der Waals surface area contributed by atoms with Crippen LogP contribution in [0.25, 0.3) is 10.9 Å². The summed E-state index contributed by atoms with van der Waals surface area (Å²) in [5.74, 6) is 0.812. The summed E-state index contributed by atoms with van der Waals surface area (Å²) in [4.78, 5) is 35.5. The molecule has 1 fully saturated rings. The van der Waals surface area contributed by atoms with E-state index in [0.29, 0.717) is 17.2 Å². The number of H-pyrrole nitrogens is 1. The highest BCUT2D eigenvalue weighted by atomic mass is 16.7. The molecule has 1 aromatic heterocycles. The first-order chi connectivity index (χ1) is 20.0. The molecular weight excluding hydrogens is 516 g/mol. The summed E-state index contributed by atoms with van der Waals surface area (Å²) in [6.45, 7) is 0.125. The number of amides is 2. The third-order valence-corrected chi connectivity index (χ3v) is 8.10. The molecule has 2 amide bonds. The van der Waals surface area contributed by atoms with E-state index in [2.05, 4.69) is 10.3 Å². The van der Waals surface area contributed by atoms with Gasteiger partial charge in [-0.1, -0.05) is 49.6 Å². The van der Waals surface area contributed by atoms with E-state index in [9.17, 15) is 9.59 Å². The van der Waals surface area contributed by atoms with Gasteiger partial charge in [0.05, 0.1) is 6.42 Å². The first-order valence-corrected chi connectivity index (χ1v) is 14.3. The molecule has 2 N–H and O–H groups in total. The van der Waals surface area contributed by atoms with Crippen molar-refractivity contribution >= 4 is 34.1 Å². The number of ether oxygens (including phenoxy) is 2. The van der Waals surface area contributed by atoms with Gasteiger partial charge in [0.2, 0.25) is 18.6 Å². The average molecular weight is 553 g/mol. The normalized spacial score (nSPS) is 15.5. The summed E-state index contributed by atoms with van der Waals surface area (Å²) in [5, 5.41) is 4.29. The molecule has 4 aromatic rings. The number of aromatic amines is 1. The maximum atomic E-state index is 14.4. The number of carbonyl (C=O) groups excluding carboxylic acids is 2. The number of para-hydroxylation sites is 1. The number of rotatable bonds is 8. The van der Waals surface area contributed by atoms with Crippen molar-refractivity contribution in [1.29, 1.82) is 0 Å². The van der Waals surface area contributed by atoms with Gasteiger partial charge in [-0.05, 0) is 54.3 Å². The number of aromatic nitrogens is 1. The Bertz CT molecular complexity index is 1540. The molecule has 1 aliphatic carbocycles. The second-order valence-electron chi connectivity index (χ2n) is 11.1. The lowest BCUT2D eigenvalue weighted by Crippen LogP contribution is -2.47. The number of hydrogen-bond donors (Lipinski definition) is 2. The number of carbonyl (C=O) groups is 2. The van der Waals surface area contributed by atoms with Gasteiger partial charge in [-0.25, -0.2) is 0 Å². The van der Waals surface area contributed by atoms with Crippen LogP contribution in [0.5, 0.6) is 11.5 Å². The first kappa shape index (κ1) is 26.7. The van der Waals surface area contributed by atoms with Crippen LogP contribution in [0, 0.1) is 0 Å². The number of anilines is 2. The van der Waals surface area contributed by atoms with E-state index < -0.39 is 6.04 Å². The number of fused-ring (bicyclic) bond motifs is 2. The standard InChI is InChI=1S/C33H36N4O4/c1-36(2)25-14-12-22(13-15-25)32(33(39)35-24-8-4-3-5-9-24)37(26-16-17-29-30(19-26)41-21-40-29)31(38)18-23-20-34-28-11-7-6-10-27(23)28/h6-7,10-17,19-20,24,32,34H,3-5,8-9,18,21H2,1-2H3,(H,35,39)/t32-/m1/s1. The van der Waals surface area contributed by atoms with Crippen molar-refractivity contribution in [3.8, 4) is 11.5 Å². The van der Waals surface area contributed by atoms with Gasteiger partial charge in [-0.2, -0.15) is 0 Å². The molecule has 8 nitrogen and oxygen atoms in total. The summed E-state index contributed by atoms with van der Waals surface area (Å²) in [6, 6.07) is 20.4. The lowest BCUT2D eigenvalue weighted by atomic mass is 9.94. The third kappa shape index (κ3) is 5.59. The fourth-order valence-electron chi connectivity index (χ4n) is 5.90. The minimum atomic E-state index is -0.869. The van der Waals surface area contributed by atoms with E-state index in [1.54, 1.807) is 17.0 Å². The van der Waals surface area contributed by atoms with Crippen molar-refractivity contribution in [3.05, 3.63) is 84.1 Å². The lowest BCUT2D eigenvalue weighted by molar-refractivity contribution is -0.127. The van der Waals surface area contributed by atoms with Crippen molar-refractivity contribution in [2.75, 3.05) is 30.7 Å². The largest absolute Gasteiger partial charge is 0.454 e. The zero-order chi connectivity index (χ0) is 28.3. The van der Waals surface area contributed by atoms with Gasteiger partial charge in [0, 0.05) is 54.7 Å². The van der Waals surface area contributed by atoms with Gasteiger partial charge in [0.1, 0.15) is 6.04 Å². The molecule has 3 aromatic carbocycles. The molecule has 8 heteroatoms. The minimum Gasteiger partial charge on any atom is -0.454 e. The molecule has 1 aliphatic heterocycles. The molecule has 1 atom stereocenters. The fraction of sp³-hybridized carbons (Fsp3) is 0.333. The third-order valence-electron chi connectivity index (χ3n) is 8.10. The molecule has 0 saturated heterocycles. The van der Waals surface area contributed by atoms with Gasteiger partial charge in [0.25, 0.3) is 0 Å². The molecule has 0 radical (unpaired) electrons. The highest BCUT2D eigenvalue weighted by Crippen LogP contribution is 2.39. The molecule has 212 valence electrons. The molecule has 0 unspecified atom stereocenters. The molecule has 0 spiro atoms. The van der Waals surface area contributed by atoms with Crippen LogP contribution in [-0.2, 0) is 16.0 Å². The minimum absolute atomic E-state index is 0.0992. The van der Waals surface area contributed by atoms with Crippen molar-refractivity contribution in [1.82, 2.24) is 10.3 Å². The Kier molecular flexibility index (Phi) is 7.55. The lowest BCUT2D eigenvalue weighted by Gasteiger charge is -2.34. The maximum absolute atomic E-state index is 14.4. The number of benzene rings is 3. The van der Waals surface area contributed by atoms with Crippen LogP contribution in [0.4, 0.5) is 11.4 Å². The average Bonchev–Trinajstić information content (AvgIpc) is 3.63. The number of nitrogens with one attached hydrogen (secondary N) is 2. The first-order valence-electron chi connectivity index (χ1n) is 14.3. The molecular formula is C33H36N4O4. The zero-order valence-corrected chi connectivity index (χ0v) is 23.6. The van der Waals surface area contributed by atoms with Crippen LogP contribution in [0.15, 0.2) is 72.9 Å². The van der Waals surface area contributed by atoms with E-state index in [1.165, 1.54) is 6.42 Å². The Hall–Kier alpha value is -4.46. The molecule has 1 saturated carbocycles. The van der Waals surface area contributed by atoms with E-state index in [0.717, 1.165) is 53.4 Å². The number of hydrogen-bond acceptors (Lipinski definition) is 5. The van der Waals surface area contributed by atoms with E-state index in [-0.39, 0.29) is 31.1 Å². The summed E-state index contributed by atoms with van der Waals surface area (Å²) < 4.78 is 11.2. The van der Waals surface area contributed by atoms with Crippen molar-refractivity contribution in [2.24, 2.45) is 0 Å². The Balaban J connectivity index is 1.42. The van der Waals surface area contributed by atoms with Crippen LogP contribution >= 0.6 is 0 Å². The summed E-state index contributed by atoms with van der Waals surface area (Å²) in [7, 11) is 3.96. The Morgan fingerprint density at radius 2 is 1.66 bits per heavy atom. The Morgan fingerprint density at radius 1 is 0.927 bits per heavy atom. The second kappa shape index (κ2) is 11.6. The Morgan fingerprint density at radius 3 is 2.44 bits per heavy atom. The van der Waals surface area contributed by atoms with Crippen LogP contribution in [0.1, 0.15) is 49.3 Å². The molecule has 6 rings (SSSR count). The quantitative estimate of drug-likeness (QED) is 0.292. The van der Waals surface area contributed by atoms with Crippen LogP contribution in [0.3, 0.4) is 0 Å². The van der Waals surface area contributed by atoms with E-state index >= 15 is 0 Å². The summed E-state index contributed by atoms with van der Waals surface area (Å²) >= 11 is 0. The van der Waals surface area contributed by atoms with Crippen molar-refractivity contribution < 1.29 is 19.1 Å². The van der Waals surface area contributed by atoms with E-state index in [1.807, 2.05) is 79.8 Å². The fourth-order valence-corrected chi connectivity index (χ4v) is 5.90. The van der Waals surface area contributed by atoms with Crippen molar-refractivity contribution in [2.45, 2.75) is 50.6 Å². The van der Waals surface area contributed by atoms with Gasteiger partial charge in [-0.3, -0.25) is 14.5 Å². The maximum Gasteiger partial charge on any atom is 0.248 e. The van der Waals surface area contributed by atoms with Crippen molar-refractivity contribution in [3.63, 3.8) is 0 Å². The summed E-state index contributed by atoms with van der Waals surface area (Å²) in [6.07, 6.45) is 7.28. The zero-order valence-electron chi connectivity index (χ0n) is 23.6. The smallest absolute Gasteiger partial charge is 0.248 e. The van der Waals surface area contributed by atoms with Crippen LogP contribution in [0.2, 0.25) is 0 Å². The van der Waals surface area contributed by atoms with Gasteiger partial charge in [0.15, 0.2) is 11.5 Å². The summed E-state index contributed by atoms with van der Waals surface area (Å²) in [5.41, 5.74) is 4.19. The van der Waals surface area contributed by atoms with Gasteiger partial charge >= 0.3 is 0 Å². The second-order valence-corrected chi connectivity index (χ2v) is 11.1. The van der Waals surface area contributed by atoms with E-state index in [4.69, 9.17) is 9.47 Å². The predicted molar refractivity (Wildman–Crippen MR) is 161 cm³/mol. The van der Waals surface area contributed by atoms with Crippen LogP contribution in [-0.4, -0.2) is 43.7 Å². The van der Waals surface area contributed by atoms with Crippen LogP contribution < -0.4 is 24.6 Å². The predicted octanol–water partition coefficient (Wildman–Crippen LogP) is 5.73. The molecule has 2 aliphatic rings. The Labute approximate surface area is 240 Å². The monoisotopic (exact) mass is 552 g/mol. The highest BCUT2D eigenvalue weighted by molar-refractivity contribution is 6.03. The number of nitrogens with zero attached hydrogens (tertiary/aromatic N) is 2. The van der Waals surface area contributed by atoms with Gasteiger partial charge in [-0.15, -0.1) is 0 Å².